The fourth-order valence-corrected chi connectivity index (χ4v) is 3.32. The molecule has 0 saturated carbocycles. The smallest absolute Gasteiger partial charge is 0.147 e. The van der Waals surface area contributed by atoms with E-state index in [-0.39, 0.29) is 5.54 Å². The molecular weight excluding hydrogens is 276 g/mol. The number of likely N-dealkylation sites (tertiary alicyclic amines) is 1. The van der Waals surface area contributed by atoms with E-state index in [0.717, 1.165) is 51.4 Å². The maximum absolute atomic E-state index is 6.13. The standard InChI is InChI=1S/C16H32N6/c1-6-22-14(11-20(4)5)18-19-15(22)13-7-9-21(10-8-13)12-16(2,3)17/h13H,6-12,17H2,1-5H3. The average Bonchev–Trinajstić information content (AvgIpc) is 2.79. The van der Waals surface area contributed by atoms with Crippen molar-refractivity contribution < 1.29 is 0 Å². The summed E-state index contributed by atoms with van der Waals surface area (Å²) in [5, 5.41) is 8.92. The number of hydrogen-bond donors (Lipinski definition) is 1. The lowest BCUT2D eigenvalue weighted by molar-refractivity contribution is 0.176. The van der Waals surface area contributed by atoms with Crippen molar-refractivity contribution >= 4 is 0 Å². The van der Waals surface area contributed by atoms with Crippen molar-refractivity contribution in [1.29, 1.82) is 0 Å². The zero-order valence-corrected chi connectivity index (χ0v) is 14.8. The molecule has 6 nitrogen and oxygen atoms in total. The van der Waals surface area contributed by atoms with Crippen molar-refractivity contribution in [3.8, 4) is 0 Å². The third-order valence-corrected chi connectivity index (χ3v) is 4.21. The summed E-state index contributed by atoms with van der Waals surface area (Å²) in [6, 6.07) is 0. The first kappa shape index (κ1) is 17.4. The molecule has 22 heavy (non-hydrogen) atoms. The predicted octanol–water partition coefficient (Wildman–Crippen LogP) is 1.28. The second-order valence-electron chi connectivity index (χ2n) is 7.50. The van der Waals surface area contributed by atoms with Gasteiger partial charge >= 0.3 is 0 Å². The zero-order chi connectivity index (χ0) is 16.3. The van der Waals surface area contributed by atoms with Gasteiger partial charge in [-0.3, -0.25) is 0 Å². The van der Waals surface area contributed by atoms with Gasteiger partial charge in [0.15, 0.2) is 0 Å². The van der Waals surface area contributed by atoms with Gasteiger partial charge in [0, 0.05) is 24.5 Å². The van der Waals surface area contributed by atoms with E-state index >= 15 is 0 Å². The van der Waals surface area contributed by atoms with Crippen LogP contribution in [0.3, 0.4) is 0 Å². The predicted molar refractivity (Wildman–Crippen MR) is 89.8 cm³/mol. The van der Waals surface area contributed by atoms with Crippen LogP contribution in [0.5, 0.6) is 0 Å². The minimum Gasteiger partial charge on any atom is -0.324 e. The summed E-state index contributed by atoms with van der Waals surface area (Å²) in [5.41, 5.74) is 6.02. The molecule has 0 spiro atoms. The van der Waals surface area contributed by atoms with Gasteiger partial charge < -0.3 is 20.1 Å². The second kappa shape index (κ2) is 7.06. The van der Waals surface area contributed by atoms with E-state index in [1.165, 1.54) is 5.82 Å². The van der Waals surface area contributed by atoms with E-state index in [9.17, 15) is 0 Å². The van der Waals surface area contributed by atoms with E-state index in [4.69, 9.17) is 5.73 Å². The Bertz CT molecular complexity index is 465. The van der Waals surface area contributed by atoms with Gasteiger partial charge in [-0.15, -0.1) is 10.2 Å². The summed E-state index contributed by atoms with van der Waals surface area (Å²) in [7, 11) is 4.14. The molecule has 0 radical (unpaired) electrons. The van der Waals surface area contributed by atoms with Crippen LogP contribution in [0.1, 0.15) is 51.2 Å². The van der Waals surface area contributed by atoms with Crippen molar-refractivity contribution in [2.24, 2.45) is 5.73 Å². The van der Waals surface area contributed by atoms with Crippen LogP contribution >= 0.6 is 0 Å². The lowest BCUT2D eigenvalue weighted by Crippen LogP contribution is -2.47. The van der Waals surface area contributed by atoms with Crippen LogP contribution in [0, 0.1) is 0 Å². The van der Waals surface area contributed by atoms with Crippen LogP contribution in [0.15, 0.2) is 0 Å². The maximum atomic E-state index is 6.13. The van der Waals surface area contributed by atoms with E-state index in [0.29, 0.717) is 5.92 Å². The number of rotatable bonds is 6. The highest BCUT2D eigenvalue weighted by Crippen LogP contribution is 2.28. The fourth-order valence-electron chi connectivity index (χ4n) is 3.32. The Balaban J connectivity index is 2.01. The molecule has 1 aromatic rings. The maximum Gasteiger partial charge on any atom is 0.147 e. The molecule has 2 N–H and O–H groups in total. The van der Waals surface area contributed by atoms with Gasteiger partial charge in [0.1, 0.15) is 11.6 Å². The number of aromatic nitrogens is 3. The molecule has 1 fully saturated rings. The summed E-state index contributed by atoms with van der Waals surface area (Å²) >= 11 is 0. The molecule has 0 unspecified atom stereocenters. The van der Waals surface area contributed by atoms with Gasteiger partial charge in [0.2, 0.25) is 0 Å². The molecule has 2 heterocycles. The minimum atomic E-state index is -0.116. The Morgan fingerprint density at radius 3 is 2.36 bits per heavy atom. The molecule has 1 aliphatic heterocycles. The summed E-state index contributed by atoms with van der Waals surface area (Å²) < 4.78 is 2.30. The van der Waals surface area contributed by atoms with Crippen molar-refractivity contribution in [2.75, 3.05) is 33.7 Å². The highest BCUT2D eigenvalue weighted by Gasteiger charge is 2.27. The van der Waals surface area contributed by atoms with Crippen molar-refractivity contribution in [2.45, 2.75) is 58.2 Å². The molecular formula is C16H32N6. The van der Waals surface area contributed by atoms with E-state index in [1.807, 2.05) is 0 Å². The van der Waals surface area contributed by atoms with E-state index in [1.54, 1.807) is 0 Å². The van der Waals surface area contributed by atoms with Gasteiger partial charge in [0.05, 0.1) is 6.54 Å². The first-order valence-electron chi connectivity index (χ1n) is 8.38. The minimum absolute atomic E-state index is 0.116. The first-order valence-corrected chi connectivity index (χ1v) is 8.38. The molecule has 1 aliphatic rings. The number of nitrogens with two attached hydrogens (primary N) is 1. The molecule has 2 rings (SSSR count). The Hall–Kier alpha value is -0.980. The monoisotopic (exact) mass is 308 g/mol. The van der Waals surface area contributed by atoms with Gasteiger partial charge in [0.25, 0.3) is 0 Å². The number of piperidine rings is 1. The molecule has 6 heteroatoms. The topological polar surface area (TPSA) is 63.2 Å². The molecule has 0 bridgehead atoms. The number of hydrogen-bond acceptors (Lipinski definition) is 5. The van der Waals surface area contributed by atoms with Crippen LogP contribution in [0.25, 0.3) is 0 Å². The molecule has 126 valence electrons. The van der Waals surface area contributed by atoms with Gasteiger partial charge in [-0.25, -0.2) is 0 Å². The third kappa shape index (κ3) is 4.51. The highest BCUT2D eigenvalue weighted by molar-refractivity contribution is 5.04. The van der Waals surface area contributed by atoms with Crippen LogP contribution < -0.4 is 5.73 Å². The quantitative estimate of drug-likeness (QED) is 0.857. The summed E-state index contributed by atoms with van der Waals surface area (Å²) in [6.07, 6.45) is 2.30. The highest BCUT2D eigenvalue weighted by atomic mass is 15.3. The Morgan fingerprint density at radius 2 is 1.86 bits per heavy atom. The Kier molecular flexibility index (Phi) is 5.58. The lowest BCUT2D eigenvalue weighted by atomic mass is 9.94. The summed E-state index contributed by atoms with van der Waals surface area (Å²) in [6.45, 7) is 11.3. The first-order chi connectivity index (χ1) is 10.3. The normalized spacial score (nSPS) is 18.3. The molecule has 0 aromatic carbocycles. The van der Waals surface area contributed by atoms with Crippen LogP contribution in [0.4, 0.5) is 0 Å². The lowest BCUT2D eigenvalue weighted by Gasteiger charge is -2.35. The largest absolute Gasteiger partial charge is 0.324 e. The van der Waals surface area contributed by atoms with Gasteiger partial charge in [-0.05, 0) is 60.8 Å². The zero-order valence-electron chi connectivity index (χ0n) is 14.8. The van der Waals surface area contributed by atoms with Crippen LogP contribution in [0.2, 0.25) is 0 Å². The average molecular weight is 308 g/mol. The second-order valence-corrected chi connectivity index (χ2v) is 7.50. The van der Waals surface area contributed by atoms with E-state index < -0.39 is 0 Å². The van der Waals surface area contributed by atoms with Crippen molar-refractivity contribution in [3.63, 3.8) is 0 Å². The van der Waals surface area contributed by atoms with Gasteiger partial charge in [-0.2, -0.15) is 0 Å². The Labute approximate surface area is 134 Å². The van der Waals surface area contributed by atoms with Crippen molar-refractivity contribution in [1.82, 2.24) is 24.6 Å². The van der Waals surface area contributed by atoms with Crippen LogP contribution in [-0.2, 0) is 13.1 Å². The van der Waals surface area contributed by atoms with Crippen molar-refractivity contribution in [3.05, 3.63) is 11.6 Å². The SMILES string of the molecule is CCn1c(CN(C)C)nnc1C1CCN(CC(C)(C)N)CC1. The molecule has 0 aliphatic carbocycles. The molecule has 1 saturated heterocycles. The van der Waals surface area contributed by atoms with E-state index in [2.05, 4.69) is 59.4 Å². The van der Waals surface area contributed by atoms with Crippen LogP contribution in [-0.4, -0.2) is 63.8 Å². The summed E-state index contributed by atoms with van der Waals surface area (Å²) in [5.74, 6) is 2.78. The Morgan fingerprint density at radius 1 is 1.23 bits per heavy atom. The summed E-state index contributed by atoms with van der Waals surface area (Å²) in [4.78, 5) is 4.62. The third-order valence-electron chi connectivity index (χ3n) is 4.21. The van der Waals surface area contributed by atoms with Gasteiger partial charge in [-0.1, -0.05) is 0 Å². The molecule has 1 aromatic heterocycles. The fraction of sp³-hybridized carbons (Fsp3) is 0.875. The number of nitrogens with zero attached hydrogens (tertiary/aromatic N) is 5. The molecule has 0 atom stereocenters. The molecule has 0 amide bonds.